The molecule has 0 spiro atoms. The van der Waals surface area contributed by atoms with Crippen molar-refractivity contribution in [1.29, 1.82) is 0 Å². The summed E-state index contributed by atoms with van der Waals surface area (Å²) < 4.78 is 0. The average Bonchev–Trinajstić information content (AvgIpc) is 2.98. The maximum atomic E-state index is 11.9. The van der Waals surface area contributed by atoms with Gasteiger partial charge in [0.1, 0.15) is 16.4 Å². The fraction of sp³-hybridized carbons (Fsp3) is 0.188. The van der Waals surface area contributed by atoms with Crippen molar-refractivity contribution in [3.8, 4) is 11.4 Å². The van der Waals surface area contributed by atoms with Crippen LogP contribution in [0.15, 0.2) is 36.8 Å². The van der Waals surface area contributed by atoms with Crippen molar-refractivity contribution in [1.82, 2.24) is 19.9 Å². The molecule has 3 aromatic rings. The summed E-state index contributed by atoms with van der Waals surface area (Å²) in [7, 11) is 0. The number of aromatic nitrogens is 4. The van der Waals surface area contributed by atoms with Gasteiger partial charge in [-0.25, -0.2) is 15.0 Å². The largest absolute Gasteiger partial charge is 0.354 e. The van der Waals surface area contributed by atoms with Crippen molar-refractivity contribution >= 4 is 22.3 Å². The smallest absolute Gasteiger partial charge is 0.184 e. The van der Waals surface area contributed by atoms with Gasteiger partial charge in [0.05, 0.1) is 12.2 Å². The van der Waals surface area contributed by atoms with Gasteiger partial charge >= 0.3 is 0 Å². The molecule has 0 bridgehead atoms. The normalized spacial score (nSPS) is 10.5. The van der Waals surface area contributed by atoms with Crippen LogP contribution >= 0.6 is 11.3 Å². The first kappa shape index (κ1) is 15.2. The SMILES string of the molecule is CC(=O)c1sc(NCc2ncccn2)nc1-c1cc(C)ccn1. The van der Waals surface area contributed by atoms with E-state index >= 15 is 0 Å². The van der Waals surface area contributed by atoms with Crippen molar-refractivity contribution in [2.45, 2.75) is 20.4 Å². The molecule has 3 rings (SSSR count). The number of carbonyl (C=O) groups is 1. The van der Waals surface area contributed by atoms with Gasteiger partial charge in [0.15, 0.2) is 10.9 Å². The van der Waals surface area contributed by atoms with Gasteiger partial charge in [-0.05, 0) is 30.7 Å². The zero-order chi connectivity index (χ0) is 16.2. The Kier molecular flexibility index (Phi) is 4.38. The third-order valence-corrected chi connectivity index (χ3v) is 4.24. The van der Waals surface area contributed by atoms with Gasteiger partial charge < -0.3 is 5.32 Å². The van der Waals surface area contributed by atoms with Crippen LogP contribution in [0.2, 0.25) is 0 Å². The molecule has 7 heteroatoms. The lowest BCUT2D eigenvalue weighted by Crippen LogP contribution is -2.03. The molecule has 0 atom stereocenters. The predicted molar refractivity (Wildman–Crippen MR) is 89.4 cm³/mol. The minimum Gasteiger partial charge on any atom is -0.354 e. The molecule has 0 fully saturated rings. The molecule has 3 heterocycles. The molecule has 0 radical (unpaired) electrons. The van der Waals surface area contributed by atoms with E-state index in [0.717, 1.165) is 5.56 Å². The van der Waals surface area contributed by atoms with Gasteiger partial charge in [0, 0.05) is 25.5 Å². The molecule has 6 nitrogen and oxygen atoms in total. The number of aryl methyl sites for hydroxylation is 1. The number of pyridine rings is 1. The molecule has 1 N–H and O–H groups in total. The minimum absolute atomic E-state index is 0.0233. The van der Waals surface area contributed by atoms with Crippen LogP contribution in [0.3, 0.4) is 0 Å². The van der Waals surface area contributed by atoms with Crippen LogP contribution in [0.4, 0.5) is 5.13 Å². The van der Waals surface area contributed by atoms with Gasteiger partial charge in [0.2, 0.25) is 0 Å². The molecule has 0 aliphatic heterocycles. The van der Waals surface area contributed by atoms with Crippen LogP contribution < -0.4 is 5.32 Å². The highest BCUT2D eigenvalue weighted by Crippen LogP contribution is 2.31. The van der Waals surface area contributed by atoms with Crippen molar-refractivity contribution in [3.05, 3.63) is 53.1 Å². The number of rotatable bonds is 5. The van der Waals surface area contributed by atoms with Gasteiger partial charge in [-0.2, -0.15) is 0 Å². The Bertz CT molecular complexity index is 831. The summed E-state index contributed by atoms with van der Waals surface area (Å²) in [6.07, 6.45) is 5.10. The summed E-state index contributed by atoms with van der Waals surface area (Å²) in [5.41, 5.74) is 2.39. The highest BCUT2D eigenvalue weighted by molar-refractivity contribution is 7.18. The second-order valence-corrected chi connectivity index (χ2v) is 5.99. The number of carbonyl (C=O) groups excluding carboxylic acids is 1. The lowest BCUT2D eigenvalue weighted by Gasteiger charge is -2.00. The lowest BCUT2D eigenvalue weighted by molar-refractivity contribution is 0.102. The Morgan fingerprint density at radius 3 is 2.70 bits per heavy atom. The van der Waals surface area contributed by atoms with E-state index in [4.69, 9.17) is 0 Å². The summed E-state index contributed by atoms with van der Waals surface area (Å²) in [6, 6.07) is 5.60. The van der Waals surface area contributed by atoms with Crippen LogP contribution in [-0.4, -0.2) is 25.7 Å². The Labute approximate surface area is 137 Å². The number of hydrogen-bond acceptors (Lipinski definition) is 7. The molecule has 3 aromatic heterocycles. The number of nitrogens with one attached hydrogen (secondary N) is 1. The van der Waals surface area contributed by atoms with Gasteiger partial charge in [0.25, 0.3) is 0 Å². The van der Waals surface area contributed by atoms with E-state index in [1.54, 1.807) is 24.7 Å². The fourth-order valence-electron chi connectivity index (χ4n) is 2.05. The highest BCUT2D eigenvalue weighted by Gasteiger charge is 2.17. The van der Waals surface area contributed by atoms with Gasteiger partial charge in [-0.1, -0.05) is 11.3 Å². The van der Waals surface area contributed by atoms with Crippen LogP contribution in [-0.2, 0) is 6.54 Å². The molecule has 0 amide bonds. The van der Waals surface area contributed by atoms with E-state index in [9.17, 15) is 4.79 Å². The summed E-state index contributed by atoms with van der Waals surface area (Å²) in [6.45, 7) is 3.97. The molecule has 0 aromatic carbocycles. The molecule has 0 aliphatic rings. The van der Waals surface area contributed by atoms with Gasteiger partial charge in [-0.3, -0.25) is 9.78 Å². The molecule has 0 saturated heterocycles. The number of hydrogen-bond donors (Lipinski definition) is 1. The third-order valence-electron chi connectivity index (χ3n) is 3.12. The summed E-state index contributed by atoms with van der Waals surface area (Å²) >= 11 is 1.32. The quantitative estimate of drug-likeness (QED) is 0.726. The topological polar surface area (TPSA) is 80.7 Å². The van der Waals surface area contributed by atoms with E-state index < -0.39 is 0 Å². The lowest BCUT2D eigenvalue weighted by atomic mass is 10.2. The maximum absolute atomic E-state index is 11.9. The minimum atomic E-state index is -0.0233. The van der Waals surface area contributed by atoms with Crippen molar-refractivity contribution < 1.29 is 4.79 Å². The molecule has 0 saturated carbocycles. The summed E-state index contributed by atoms with van der Waals surface area (Å²) in [5.74, 6) is 0.645. The fourth-order valence-corrected chi connectivity index (χ4v) is 2.91. The van der Waals surface area contributed by atoms with E-state index in [2.05, 4.69) is 25.3 Å². The second kappa shape index (κ2) is 6.62. The van der Waals surface area contributed by atoms with Crippen LogP contribution in [0.1, 0.15) is 28.0 Å². The zero-order valence-electron chi connectivity index (χ0n) is 12.8. The van der Waals surface area contributed by atoms with Crippen LogP contribution in [0.25, 0.3) is 11.4 Å². The molecular weight excluding hydrogens is 310 g/mol. The third kappa shape index (κ3) is 3.57. The molecular formula is C16H15N5OS. The molecule has 116 valence electrons. The molecule has 23 heavy (non-hydrogen) atoms. The number of Topliss-reactive ketones (excluding diaryl/α,β-unsaturated/α-hetero) is 1. The standard InChI is InChI=1S/C16H15N5OS/c1-10-4-7-17-12(8-10)14-15(11(2)22)23-16(21-14)20-9-13-18-5-3-6-19-13/h3-8H,9H2,1-2H3,(H,20,21). The monoisotopic (exact) mass is 325 g/mol. The van der Waals surface area contributed by atoms with Crippen molar-refractivity contribution in [3.63, 3.8) is 0 Å². The first-order valence-corrected chi connectivity index (χ1v) is 7.89. The van der Waals surface area contributed by atoms with Crippen molar-refractivity contribution in [2.24, 2.45) is 0 Å². The van der Waals surface area contributed by atoms with E-state index in [1.165, 1.54) is 18.3 Å². The number of thiazole rings is 1. The zero-order valence-corrected chi connectivity index (χ0v) is 13.6. The van der Waals surface area contributed by atoms with Crippen molar-refractivity contribution in [2.75, 3.05) is 5.32 Å². The van der Waals surface area contributed by atoms with E-state index in [-0.39, 0.29) is 5.78 Å². The second-order valence-electron chi connectivity index (χ2n) is 4.99. The maximum Gasteiger partial charge on any atom is 0.184 e. The predicted octanol–water partition coefficient (Wildman–Crippen LogP) is 3.12. The first-order chi connectivity index (χ1) is 11.1. The number of nitrogens with zero attached hydrogens (tertiary/aromatic N) is 4. The summed E-state index contributed by atoms with van der Waals surface area (Å²) in [4.78, 5) is 29.7. The van der Waals surface area contributed by atoms with E-state index in [1.807, 2.05) is 19.1 Å². The number of ketones is 1. The average molecular weight is 325 g/mol. The van der Waals surface area contributed by atoms with Gasteiger partial charge in [-0.15, -0.1) is 0 Å². The molecule has 0 aliphatic carbocycles. The first-order valence-electron chi connectivity index (χ1n) is 7.08. The Morgan fingerprint density at radius 2 is 2.00 bits per heavy atom. The van der Waals surface area contributed by atoms with E-state index in [0.29, 0.717) is 33.8 Å². The van der Waals surface area contributed by atoms with Crippen LogP contribution in [0, 0.1) is 6.92 Å². The summed E-state index contributed by atoms with van der Waals surface area (Å²) in [5, 5.41) is 3.82. The van der Waals surface area contributed by atoms with Crippen LogP contribution in [0.5, 0.6) is 0 Å². The molecule has 0 unspecified atom stereocenters. The Morgan fingerprint density at radius 1 is 1.22 bits per heavy atom. The Balaban J connectivity index is 1.88. The Hall–Kier alpha value is -2.67. The highest BCUT2D eigenvalue weighted by atomic mass is 32.1. The number of anilines is 1.